The molecule has 0 atom stereocenters. The smallest absolute Gasteiger partial charge is 0.343 e. The zero-order valence-corrected chi connectivity index (χ0v) is 19.1. The molecule has 1 heterocycles. The van der Waals surface area contributed by atoms with Crippen LogP contribution in [0, 0.1) is 0 Å². The Labute approximate surface area is 191 Å². The van der Waals surface area contributed by atoms with Crippen LogP contribution in [0.4, 0.5) is 5.69 Å². The number of carbonyl (C=O) groups is 2. The molecule has 0 saturated heterocycles. The third kappa shape index (κ3) is 5.57. The zero-order chi connectivity index (χ0) is 24.2. The molecule has 0 aromatic heterocycles. The summed E-state index contributed by atoms with van der Waals surface area (Å²) < 4.78 is 38.5. The van der Waals surface area contributed by atoms with E-state index in [1.807, 2.05) is 6.92 Å². The predicted molar refractivity (Wildman–Crippen MR) is 122 cm³/mol. The number of carbonyl (C=O) groups excluding carboxylic acids is 2. The summed E-state index contributed by atoms with van der Waals surface area (Å²) in [7, 11) is -2.57. The molecule has 0 spiro atoms. The lowest BCUT2D eigenvalue weighted by atomic mass is 10.1. The van der Waals surface area contributed by atoms with Crippen LogP contribution in [-0.4, -0.2) is 46.3 Å². The SMILES string of the molecule is CCOc1cc(/C=C2\C(=O)N(c3ccc(S(N)(=O)=O)cc3)N=C2C)ccc1OCC(=O)OC. The molecule has 1 amide bonds. The number of hydrogen-bond donors (Lipinski definition) is 1. The van der Waals surface area contributed by atoms with Crippen molar-refractivity contribution in [2.24, 2.45) is 10.2 Å². The van der Waals surface area contributed by atoms with Crippen molar-refractivity contribution in [1.82, 2.24) is 0 Å². The topological polar surface area (TPSA) is 138 Å². The maximum atomic E-state index is 13.0. The van der Waals surface area contributed by atoms with E-state index < -0.39 is 16.0 Å². The maximum absolute atomic E-state index is 13.0. The Morgan fingerprint density at radius 3 is 2.42 bits per heavy atom. The Morgan fingerprint density at radius 2 is 1.82 bits per heavy atom. The monoisotopic (exact) mass is 473 g/mol. The molecule has 1 aliphatic heterocycles. The van der Waals surface area contributed by atoms with Gasteiger partial charge in [-0.15, -0.1) is 0 Å². The number of hydrazone groups is 1. The van der Waals surface area contributed by atoms with Gasteiger partial charge in [0, 0.05) is 0 Å². The van der Waals surface area contributed by atoms with Gasteiger partial charge in [0.1, 0.15) is 0 Å². The number of hydrogen-bond acceptors (Lipinski definition) is 8. The molecule has 11 heteroatoms. The van der Waals surface area contributed by atoms with Crippen LogP contribution in [0.3, 0.4) is 0 Å². The lowest BCUT2D eigenvalue weighted by Gasteiger charge is -2.13. The molecule has 33 heavy (non-hydrogen) atoms. The number of anilines is 1. The summed E-state index contributed by atoms with van der Waals surface area (Å²) in [6.07, 6.45) is 1.66. The van der Waals surface area contributed by atoms with Crippen molar-refractivity contribution in [3.8, 4) is 11.5 Å². The molecule has 2 N–H and O–H groups in total. The standard InChI is InChI=1S/C22H23N3O7S/c1-4-31-20-12-15(5-10-19(20)32-13-21(26)30-3)11-18-14(2)24-25(22(18)27)16-6-8-17(9-7-16)33(23,28)29/h5-12H,4,13H2,1-3H3,(H2,23,28,29)/b18-11-. The van der Waals surface area contributed by atoms with Gasteiger partial charge in [0.05, 0.1) is 35.6 Å². The van der Waals surface area contributed by atoms with Gasteiger partial charge in [0.15, 0.2) is 18.1 Å². The minimum absolute atomic E-state index is 0.0627. The quantitative estimate of drug-likeness (QED) is 0.458. The largest absolute Gasteiger partial charge is 0.490 e. The molecule has 0 bridgehead atoms. The van der Waals surface area contributed by atoms with Gasteiger partial charge in [-0.3, -0.25) is 4.79 Å². The zero-order valence-electron chi connectivity index (χ0n) is 18.3. The van der Waals surface area contributed by atoms with Gasteiger partial charge < -0.3 is 14.2 Å². The van der Waals surface area contributed by atoms with Crippen LogP contribution in [0.15, 0.2) is 58.0 Å². The van der Waals surface area contributed by atoms with E-state index in [1.165, 1.54) is 36.4 Å². The lowest BCUT2D eigenvalue weighted by Crippen LogP contribution is -2.21. The third-order valence-corrected chi connectivity index (χ3v) is 5.55. The second-order valence-electron chi connectivity index (χ2n) is 6.90. The second kappa shape index (κ2) is 9.84. The van der Waals surface area contributed by atoms with Gasteiger partial charge in [0.2, 0.25) is 10.0 Å². The van der Waals surface area contributed by atoms with Crippen molar-refractivity contribution in [2.45, 2.75) is 18.7 Å². The molecule has 2 aromatic carbocycles. The van der Waals surface area contributed by atoms with Crippen LogP contribution >= 0.6 is 0 Å². The Hall–Kier alpha value is -3.70. The molecule has 3 rings (SSSR count). The highest BCUT2D eigenvalue weighted by molar-refractivity contribution is 7.89. The van der Waals surface area contributed by atoms with Gasteiger partial charge >= 0.3 is 5.97 Å². The van der Waals surface area contributed by atoms with E-state index in [9.17, 15) is 18.0 Å². The Bertz CT molecular complexity index is 1240. The summed E-state index contributed by atoms with van der Waals surface area (Å²) in [4.78, 5) is 24.3. The summed E-state index contributed by atoms with van der Waals surface area (Å²) in [5, 5.41) is 10.6. The van der Waals surface area contributed by atoms with Crippen molar-refractivity contribution in [2.75, 3.05) is 25.3 Å². The molecule has 0 saturated carbocycles. The van der Waals surface area contributed by atoms with Crippen LogP contribution in [0.2, 0.25) is 0 Å². The number of rotatable bonds is 8. The number of methoxy groups -OCH3 is 1. The minimum Gasteiger partial charge on any atom is -0.490 e. The normalized spacial score (nSPS) is 14.9. The van der Waals surface area contributed by atoms with E-state index in [2.05, 4.69) is 9.84 Å². The predicted octanol–water partition coefficient (Wildman–Crippen LogP) is 2.09. The number of esters is 1. The van der Waals surface area contributed by atoms with E-state index in [0.29, 0.717) is 40.6 Å². The lowest BCUT2D eigenvalue weighted by molar-refractivity contribution is -0.142. The first-order valence-electron chi connectivity index (χ1n) is 9.85. The molecular formula is C22H23N3O7S. The first kappa shape index (κ1) is 24.0. The highest BCUT2D eigenvalue weighted by Gasteiger charge is 2.29. The molecule has 0 unspecified atom stereocenters. The van der Waals surface area contributed by atoms with Gasteiger partial charge in [-0.25, -0.2) is 18.4 Å². The number of ether oxygens (including phenoxy) is 3. The highest BCUT2D eigenvalue weighted by Crippen LogP contribution is 2.31. The number of benzene rings is 2. The van der Waals surface area contributed by atoms with Crippen molar-refractivity contribution in [3.05, 3.63) is 53.6 Å². The van der Waals surface area contributed by atoms with Gasteiger partial charge in [0.25, 0.3) is 5.91 Å². The third-order valence-electron chi connectivity index (χ3n) is 4.62. The molecule has 0 fully saturated rings. The Morgan fingerprint density at radius 1 is 1.12 bits per heavy atom. The number of nitrogens with zero attached hydrogens (tertiary/aromatic N) is 2. The van der Waals surface area contributed by atoms with Gasteiger partial charge in [-0.2, -0.15) is 10.1 Å². The second-order valence-corrected chi connectivity index (χ2v) is 8.46. The average molecular weight is 474 g/mol. The van der Waals surface area contributed by atoms with E-state index in [1.54, 1.807) is 31.2 Å². The number of nitrogens with two attached hydrogens (primary N) is 1. The molecule has 0 radical (unpaired) electrons. The number of amides is 1. The van der Waals surface area contributed by atoms with Crippen molar-refractivity contribution in [3.63, 3.8) is 0 Å². The minimum atomic E-state index is -3.84. The first-order valence-corrected chi connectivity index (χ1v) is 11.4. The van der Waals surface area contributed by atoms with Crippen molar-refractivity contribution in [1.29, 1.82) is 0 Å². The van der Waals surface area contributed by atoms with E-state index in [-0.39, 0.29) is 17.4 Å². The summed E-state index contributed by atoms with van der Waals surface area (Å²) in [6.45, 7) is 3.61. The fraction of sp³-hybridized carbons (Fsp3) is 0.227. The highest BCUT2D eigenvalue weighted by atomic mass is 32.2. The van der Waals surface area contributed by atoms with E-state index >= 15 is 0 Å². The molecule has 0 aliphatic carbocycles. The maximum Gasteiger partial charge on any atom is 0.343 e. The van der Waals surface area contributed by atoms with Crippen LogP contribution in [0.25, 0.3) is 6.08 Å². The number of sulfonamides is 1. The Balaban J connectivity index is 1.86. The van der Waals surface area contributed by atoms with Gasteiger partial charge in [-0.1, -0.05) is 6.07 Å². The van der Waals surface area contributed by atoms with Crippen molar-refractivity contribution >= 4 is 39.4 Å². The Kier molecular flexibility index (Phi) is 7.14. The molecular weight excluding hydrogens is 450 g/mol. The summed E-state index contributed by atoms with van der Waals surface area (Å²) >= 11 is 0. The fourth-order valence-electron chi connectivity index (χ4n) is 3.00. The number of primary sulfonamides is 1. The van der Waals surface area contributed by atoms with E-state index in [0.717, 1.165) is 0 Å². The summed E-state index contributed by atoms with van der Waals surface area (Å²) in [6, 6.07) is 10.6. The average Bonchev–Trinajstić information content (AvgIpc) is 3.06. The molecule has 10 nitrogen and oxygen atoms in total. The summed E-state index contributed by atoms with van der Waals surface area (Å²) in [5.74, 6) is -0.126. The molecule has 2 aromatic rings. The fourth-order valence-corrected chi connectivity index (χ4v) is 3.52. The van der Waals surface area contributed by atoms with Crippen LogP contribution in [0.5, 0.6) is 11.5 Å². The van der Waals surface area contributed by atoms with Crippen LogP contribution in [0.1, 0.15) is 19.4 Å². The molecule has 174 valence electrons. The summed E-state index contributed by atoms with van der Waals surface area (Å²) in [5.41, 5.74) is 1.90. The van der Waals surface area contributed by atoms with Crippen LogP contribution in [-0.2, 0) is 24.3 Å². The van der Waals surface area contributed by atoms with E-state index in [4.69, 9.17) is 14.6 Å². The van der Waals surface area contributed by atoms with Crippen molar-refractivity contribution < 1.29 is 32.2 Å². The first-order chi connectivity index (χ1) is 15.6. The molecule has 1 aliphatic rings. The van der Waals surface area contributed by atoms with Crippen LogP contribution < -0.4 is 19.6 Å². The van der Waals surface area contributed by atoms with Gasteiger partial charge in [-0.05, 0) is 61.9 Å².